The maximum Gasteiger partial charge on any atom is 0.150 e. The molecule has 5 heteroatoms. The molecule has 0 radical (unpaired) electrons. The zero-order valence-corrected chi connectivity index (χ0v) is 13.0. The molecule has 0 amide bonds. The zero-order valence-electron chi connectivity index (χ0n) is 10.7. The van der Waals surface area contributed by atoms with E-state index in [0.717, 1.165) is 16.3 Å². The Morgan fingerprint density at radius 1 is 1.10 bits per heavy atom. The maximum atomic E-state index is 11.6. The summed E-state index contributed by atoms with van der Waals surface area (Å²) >= 11 is 12.8. The average molecular weight is 329 g/mol. The Morgan fingerprint density at radius 3 is 2.45 bits per heavy atom. The molecule has 0 N–H and O–H groups in total. The van der Waals surface area contributed by atoms with Crippen molar-refractivity contribution in [2.24, 2.45) is 5.92 Å². The second-order valence-electron chi connectivity index (χ2n) is 5.25. The molecule has 1 aliphatic rings. The quantitative estimate of drug-likeness (QED) is 0.774. The SMILES string of the molecule is O=S1(=O)CCC(C(Cl)c2ccc(Cl)c3ccccc23)C1. The molecular weight excluding hydrogens is 315 g/mol. The van der Waals surface area contributed by atoms with Crippen LogP contribution in [0.25, 0.3) is 10.8 Å². The van der Waals surface area contributed by atoms with E-state index in [1.54, 1.807) is 0 Å². The predicted octanol–water partition coefficient (Wildman–Crippen LogP) is 4.21. The Kier molecular flexibility index (Phi) is 3.69. The Hall–Kier alpha value is -0.770. The predicted molar refractivity (Wildman–Crippen MR) is 84.3 cm³/mol. The lowest BCUT2D eigenvalue weighted by molar-refractivity contribution is 0.571. The number of hydrogen-bond acceptors (Lipinski definition) is 2. The highest BCUT2D eigenvalue weighted by molar-refractivity contribution is 7.91. The highest BCUT2D eigenvalue weighted by atomic mass is 35.5. The first-order chi connectivity index (χ1) is 9.48. The van der Waals surface area contributed by atoms with Crippen LogP contribution in [0.1, 0.15) is 17.4 Å². The van der Waals surface area contributed by atoms with E-state index in [9.17, 15) is 8.42 Å². The first-order valence-corrected chi connectivity index (χ1v) is 9.13. The van der Waals surface area contributed by atoms with Gasteiger partial charge in [0, 0.05) is 10.4 Å². The number of sulfone groups is 1. The lowest BCUT2D eigenvalue weighted by Gasteiger charge is -2.18. The van der Waals surface area contributed by atoms with Crippen molar-refractivity contribution in [3.8, 4) is 0 Å². The first kappa shape index (κ1) is 14.2. The van der Waals surface area contributed by atoms with Crippen LogP contribution in [0.3, 0.4) is 0 Å². The van der Waals surface area contributed by atoms with Gasteiger partial charge in [-0.15, -0.1) is 11.6 Å². The van der Waals surface area contributed by atoms with Crippen molar-refractivity contribution in [1.82, 2.24) is 0 Å². The highest BCUT2D eigenvalue weighted by Gasteiger charge is 2.34. The third kappa shape index (κ3) is 2.54. The smallest absolute Gasteiger partial charge is 0.150 e. The fourth-order valence-corrected chi connectivity index (χ4v) is 5.41. The van der Waals surface area contributed by atoms with Crippen LogP contribution in [0.5, 0.6) is 0 Å². The van der Waals surface area contributed by atoms with Gasteiger partial charge in [-0.2, -0.15) is 0 Å². The van der Waals surface area contributed by atoms with Crippen LogP contribution in [0.2, 0.25) is 5.02 Å². The van der Waals surface area contributed by atoms with Crippen LogP contribution >= 0.6 is 23.2 Å². The summed E-state index contributed by atoms with van der Waals surface area (Å²) in [6.45, 7) is 0. The minimum atomic E-state index is -2.92. The Morgan fingerprint density at radius 2 is 1.80 bits per heavy atom. The van der Waals surface area contributed by atoms with Crippen LogP contribution in [-0.2, 0) is 9.84 Å². The second-order valence-corrected chi connectivity index (χ2v) is 8.35. The minimum absolute atomic E-state index is 0.0220. The minimum Gasteiger partial charge on any atom is -0.229 e. The number of hydrogen-bond donors (Lipinski definition) is 0. The van der Waals surface area contributed by atoms with Crippen molar-refractivity contribution in [1.29, 1.82) is 0 Å². The van der Waals surface area contributed by atoms with Gasteiger partial charge in [0.15, 0.2) is 9.84 Å². The van der Waals surface area contributed by atoms with E-state index in [4.69, 9.17) is 23.2 Å². The largest absolute Gasteiger partial charge is 0.229 e. The summed E-state index contributed by atoms with van der Waals surface area (Å²) in [5.74, 6) is 0.399. The summed E-state index contributed by atoms with van der Waals surface area (Å²) in [5, 5.41) is 2.35. The van der Waals surface area contributed by atoms with Gasteiger partial charge in [0.2, 0.25) is 0 Å². The fourth-order valence-electron chi connectivity index (χ4n) is 2.83. The second kappa shape index (κ2) is 5.21. The van der Waals surface area contributed by atoms with Gasteiger partial charge >= 0.3 is 0 Å². The van der Waals surface area contributed by atoms with Gasteiger partial charge in [0.05, 0.1) is 16.9 Å². The van der Waals surface area contributed by atoms with Crippen LogP contribution in [0.4, 0.5) is 0 Å². The molecule has 0 aliphatic carbocycles. The van der Waals surface area contributed by atoms with Gasteiger partial charge < -0.3 is 0 Å². The molecule has 20 heavy (non-hydrogen) atoms. The summed E-state index contributed by atoms with van der Waals surface area (Å²) in [6.07, 6.45) is 0.632. The van der Waals surface area contributed by atoms with Gasteiger partial charge in [-0.1, -0.05) is 41.9 Å². The lowest BCUT2D eigenvalue weighted by atomic mass is 9.94. The van der Waals surface area contributed by atoms with Gasteiger partial charge in [-0.3, -0.25) is 0 Å². The molecule has 106 valence electrons. The molecule has 2 atom stereocenters. The van der Waals surface area contributed by atoms with E-state index < -0.39 is 9.84 Å². The Balaban J connectivity index is 2.04. The summed E-state index contributed by atoms with van der Waals surface area (Å²) in [6, 6.07) is 11.6. The van der Waals surface area contributed by atoms with Crippen molar-refractivity contribution in [2.75, 3.05) is 11.5 Å². The Labute approximate surface area is 128 Å². The molecule has 0 spiro atoms. The molecule has 1 saturated heterocycles. The molecule has 2 aromatic carbocycles. The zero-order chi connectivity index (χ0) is 14.3. The van der Waals surface area contributed by atoms with Crippen molar-refractivity contribution >= 4 is 43.8 Å². The number of alkyl halides is 1. The average Bonchev–Trinajstić information content (AvgIpc) is 2.79. The van der Waals surface area contributed by atoms with Crippen molar-refractivity contribution in [2.45, 2.75) is 11.8 Å². The van der Waals surface area contributed by atoms with Crippen LogP contribution < -0.4 is 0 Å². The molecular formula is C15H14Cl2O2S. The van der Waals surface area contributed by atoms with E-state index in [1.807, 2.05) is 36.4 Å². The van der Waals surface area contributed by atoms with E-state index in [0.29, 0.717) is 11.4 Å². The highest BCUT2D eigenvalue weighted by Crippen LogP contribution is 2.40. The van der Waals surface area contributed by atoms with Gasteiger partial charge in [0.1, 0.15) is 0 Å². The van der Waals surface area contributed by atoms with Crippen LogP contribution in [0.15, 0.2) is 36.4 Å². The summed E-state index contributed by atoms with van der Waals surface area (Å²) < 4.78 is 23.2. The normalized spacial score (nSPS) is 23.0. The summed E-state index contributed by atoms with van der Waals surface area (Å²) in [4.78, 5) is 0. The first-order valence-electron chi connectivity index (χ1n) is 6.49. The number of halogens is 2. The van der Waals surface area contributed by atoms with E-state index >= 15 is 0 Å². The molecule has 0 saturated carbocycles. The van der Waals surface area contributed by atoms with Crippen molar-refractivity contribution < 1.29 is 8.42 Å². The molecule has 2 unspecified atom stereocenters. The molecule has 1 heterocycles. The molecule has 2 nitrogen and oxygen atoms in total. The van der Waals surface area contributed by atoms with E-state index in [2.05, 4.69) is 0 Å². The van der Waals surface area contributed by atoms with Gasteiger partial charge in [-0.05, 0) is 29.4 Å². The molecule has 0 aromatic heterocycles. The van der Waals surface area contributed by atoms with Crippen molar-refractivity contribution in [3.05, 3.63) is 47.0 Å². The topological polar surface area (TPSA) is 34.1 Å². The standard InChI is InChI=1S/C15H14Cl2O2S/c16-14-6-5-13(11-3-1-2-4-12(11)14)15(17)10-7-8-20(18,19)9-10/h1-6,10,15H,7-9H2. The maximum absolute atomic E-state index is 11.6. The molecule has 2 aromatic rings. The summed E-state index contributed by atoms with van der Waals surface area (Å²) in [7, 11) is -2.92. The Bertz CT molecular complexity index is 756. The third-order valence-electron chi connectivity index (χ3n) is 3.88. The van der Waals surface area contributed by atoms with E-state index in [-0.39, 0.29) is 22.8 Å². The van der Waals surface area contributed by atoms with E-state index in [1.165, 1.54) is 0 Å². The van der Waals surface area contributed by atoms with Crippen LogP contribution in [0, 0.1) is 5.92 Å². The molecule has 1 aliphatic heterocycles. The number of rotatable bonds is 2. The van der Waals surface area contributed by atoms with Crippen molar-refractivity contribution in [3.63, 3.8) is 0 Å². The number of fused-ring (bicyclic) bond motifs is 1. The monoisotopic (exact) mass is 328 g/mol. The molecule has 3 rings (SSSR count). The molecule has 0 bridgehead atoms. The molecule has 1 fully saturated rings. The van der Waals surface area contributed by atoms with Gasteiger partial charge in [0.25, 0.3) is 0 Å². The third-order valence-corrected chi connectivity index (χ3v) is 6.60. The lowest BCUT2D eigenvalue weighted by Crippen LogP contribution is -2.10. The number of benzene rings is 2. The summed E-state index contributed by atoms with van der Waals surface area (Å²) in [5.41, 5.74) is 0.966. The fraction of sp³-hybridized carbons (Fsp3) is 0.333. The van der Waals surface area contributed by atoms with Crippen LogP contribution in [-0.4, -0.2) is 19.9 Å². The van der Waals surface area contributed by atoms with Gasteiger partial charge in [-0.25, -0.2) is 8.42 Å².